The molecule has 2 aromatic rings. The standard InChI is InChI=1S/C12H18N6O/c1-13-12-17-10-9(14-6-15-10)11(18-12)16-8-4-2-3-7(8)5-19/h6-8,19H,2-5H2,1H3,(H3,13,14,15,16,17,18). The fourth-order valence-corrected chi connectivity index (χ4v) is 2.67. The number of H-pyrrole nitrogens is 1. The third-order valence-electron chi connectivity index (χ3n) is 3.72. The summed E-state index contributed by atoms with van der Waals surface area (Å²) in [6, 6.07) is 0.260. The van der Waals surface area contributed by atoms with Crippen LogP contribution >= 0.6 is 0 Å². The molecule has 0 spiro atoms. The van der Waals surface area contributed by atoms with Crippen molar-refractivity contribution in [3.05, 3.63) is 6.33 Å². The number of hydrogen-bond donors (Lipinski definition) is 4. The molecule has 7 heteroatoms. The van der Waals surface area contributed by atoms with Crippen molar-refractivity contribution in [2.24, 2.45) is 5.92 Å². The lowest BCUT2D eigenvalue weighted by atomic mass is 10.1. The second-order valence-corrected chi connectivity index (χ2v) is 4.87. The van der Waals surface area contributed by atoms with Crippen molar-refractivity contribution in [3.8, 4) is 0 Å². The molecule has 3 rings (SSSR count). The fourth-order valence-electron chi connectivity index (χ4n) is 2.67. The molecule has 2 unspecified atom stereocenters. The summed E-state index contributed by atoms with van der Waals surface area (Å²) in [6.07, 6.45) is 4.87. The highest BCUT2D eigenvalue weighted by molar-refractivity contribution is 5.83. The molecule has 4 N–H and O–H groups in total. The number of aromatic amines is 1. The molecule has 2 aromatic heterocycles. The van der Waals surface area contributed by atoms with Crippen LogP contribution in [0.1, 0.15) is 19.3 Å². The molecular weight excluding hydrogens is 244 g/mol. The van der Waals surface area contributed by atoms with Crippen LogP contribution in [0, 0.1) is 5.92 Å². The summed E-state index contributed by atoms with van der Waals surface area (Å²) >= 11 is 0. The lowest BCUT2D eigenvalue weighted by Crippen LogP contribution is -2.27. The number of aromatic nitrogens is 4. The van der Waals surface area contributed by atoms with Crippen molar-refractivity contribution in [3.63, 3.8) is 0 Å². The number of fused-ring (bicyclic) bond motifs is 1. The van der Waals surface area contributed by atoms with Gasteiger partial charge in [0.1, 0.15) is 5.52 Å². The van der Waals surface area contributed by atoms with Crippen LogP contribution in [0.15, 0.2) is 6.33 Å². The molecule has 102 valence electrons. The van der Waals surface area contributed by atoms with Crippen LogP contribution in [0.2, 0.25) is 0 Å². The number of anilines is 2. The van der Waals surface area contributed by atoms with E-state index in [1.165, 1.54) is 0 Å². The van der Waals surface area contributed by atoms with Gasteiger partial charge in [-0.15, -0.1) is 0 Å². The number of nitrogens with zero attached hydrogens (tertiary/aromatic N) is 3. The van der Waals surface area contributed by atoms with Crippen molar-refractivity contribution in [1.29, 1.82) is 0 Å². The van der Waals surface area contributed by atoms with Crippen LogP contribution in [-0.2, 0) is 0 Å². The third-order valence-corrected chi connectivity index (χ3v) is 3.72. The molecule has 2 heterocycles. The van der Waals surface area contributed by atoms with Crippen molar-refractivity contribution < 1.29 is 5.11 Å². The van der Waals surface area contributed by atoms with Crippen molar-refractivity contribution in [2.45, 2.75) is 25.3 Å². The van der Waals surface area contributed by atoms with Gasteiger partial charge < -0.3 is 20.7 Å². The molecule has 0 aliphatic heterocycles. The summed E-state index contributed by atoms with van der Waals surface area (Å²) in [6.45, 7) is 0.216. The Hall–Kier alpha value is -1.89. The first-order valence-electron chi connectivity index (χ1n) is 6.58. The number of aliphatic hydroxyl groups is 1. The first kappa shape index (κ1) is 12.2. The van der Waals surface area contributed by atoms with E-state index >= 15 is 0 Å². The molecule has 0 radical (unpaired) electrons. The third kappa shape index (κ3) is 2.21. The summed E-state index contributed by atoms with van der Waals surface area (Å²) in [4.78, 5) is 15.9. The topological polar surface area (TPSA) is 98.8 Å². The lowest BCUT2D eigenvalue weighted by molar-refractivity contribution is 0.222. The Labute approximate surface area is 110 Å². The average Bonchev–Trinajstić information content (AvgIpc) is 3.06. The maximum Gasteiger partial charge on any atom is 0.226 e. The SMILES string of the molecule is CNc1nc(NC2CCCC2CO)c2[nH]cnc2n1. The molecule has 0 aromatic carbocycles. The quantitative estimate of drug-likeness (QED) is 0.655. The number of nitrogens with one attached hydrogen (secondary N) is 3. The van der Waals surface area contributed by atoms with Crippen LogP contribution < -0.4 is 10.6 Å². The Morgan fingerprint density at radius 3 is 3.11 bits per heavy atom. The van der Waals surface area contributed by atoms with E-state index < -0.39 is 0 Å². The highest BCUT2D eigenvalue weighted by atomic mass is 16.3. The van der Waals surface area contributed by atoms with Crippen LogP contribution in [0.4, 0.5) is 11.8 Å². The molecule has 0 saturated heterocycles. The van der Waals surface area contributed by atoms with Gasteiger partial charge in [-0.3, -0.25) is 0 Å². The summed E-state index contributed by atoms with van der Waals surface area (Å²) in [5, 5.41) is 15.7. The predicted octanol–water partition coefficient (Wildman–Crippen LogP) is 0.967. The Morgan fingerprint density at radius 1 is 1.42 bits per heavy atom. The first-order valence-corrected chi connectivity index (χ1v) is 6.58. The predicted molar refractivity (Wildman–Crippen MR) is 73.1 cm³/mol. The van der Waals surface area contributed by atoms with E-state index in [0.717, 1.165) is 30.6 Å². The molecule has 7 nitrogen and oxygen atoms in total. The summed E-state index contributed by atoms with van der Waals surface area (Å²) in [5.74, 6) is 1.59. The zero-order valence-electron chi connectivity index (χ0n) is 10.8. The maximum atomic E-state index is 9.38. The highest BCUT2D eigenvalue weighted by Crippen LogP contribution is 2.29. The molecule has 1 saturated carbocycles. The number of imidazole rings is 1. The van der Waals surface area contributed by atoms with Gasteiger partial charge in [-0.2, -0.15) is 9.97 Å². The Balaban J connectivity index is 1.92. The van der Waals surface area contributed by atoms with Gasteiger partial charge in [0.15, 0.2) is 11.5 Å². The lowest BCUT2D eigenvalue weighted by Gasteiger charge is -2.20. The minimum atomic E-state index is 0.216. The summed E-state index contributed by atoms with van der Waals surface area (Å²) in [7, 11) is 1.78. The van der Waals surface area contributed by atoms with E-state index in [9.17, 15) is 5.11 Å². The van der Waals surface area contributed by atoms with Gasteiger partial charge in [-0.25, -0.2) is 4.98 Å². The molecule has 19 heavy (non-hydrogen) atoms. The second kappa shape index (κ2) is 5.00. The largest absolute Gasteiger partial charge is 0.396 e. The number of hydrogen-bond acceptors (Lipinski definition) is 6. The normalized spacial score (nSPS) is 22.8. The maximum absolute atomic E-state index is 9.38. The summed E-state index contributed by atoms with van der Waals surface area (Å²) < 4.78 is 0. The van der Waals surface area contributed by atoms with E-state index in [4.69, 9.17) is 0 Å². The van der Waals surface area contributed by atoms with E-state index in [1.54, 1.807) is 13.4 Å². The van der Waals surface area contributed by atoms with Crippen molar-refractivity contribution in [2.75, 3.05) is 24.3 Å². The zero-order chi connectivity index (χ0) is 13.2. The molecule has 0 amide bonds. The minimum absolute atomic E-state index is 0.216. The monoisotopic (exact) mass is 262 g/mol. The molecule has 2 atom stereocenters. The van der Waals surface area contributed by atoms with Crippen molar-refractivity contribution >= 4 is 22.9 Å². The first-order chi connectivity index (χ1) is 9.31. The molecule has 1 aliphatic carbocycles. The zero-order valence-corrected chi connectivity index (χ0v) is 10.8. The van der Waals surface area contributed by atoms with Gasteiger partial charge in [-0.1, -0.05) is 6.42 Å². The Morgan fingerprint density at radius 2 is 2.32 bits per heavy atom. The van der Waals surface area contributed by atoms with E-state index in [1.807, 2.05) is 0 Å². The van der Waals surface area contributed by atoms with E-state index in [2.05, 4.69) is 30.6 Å². The average molecular weight is 262 g/mol. The van der Waals surface area contributed by atoms with E-state index in [0.29, 0.717) is 17.5 Å². The van der Waals surface area contributed by atoms with Crippen LogP contribution in [0.25, 0.3) is 11.2 Å². The second-order valence-electron chi connectivity index (χ2n) is 4.87. The van der Waals surface area contributed by atoms with E-state index in [-0.39, 0.29) is 12.6 Å². The molecular formula is C12H18N6O. The number of aliphatic hydroxyl groups excluding tert-OH is 1. The van der Waals surface area contributed by atoms with Gasteiger partial charge in [0.25, 0.3) is 0 Å². The van der Waals surface area contributed by atoms with Gasteiger partial charge in [0.05, 0.1) is 6.33 Å². The smallest absolute Gasteiger partial charge is 0.226 e. The fraction of sp³-hybridized carbons (Fsp3) is 0.583. The minimum Gasteiger partial charge on any atom is -0.396 e. The van der Waals surface area contributed by atoms with Gasteiger partial charge in [0, 0.05) is 25.6 Å². The highest BCUT2D eigenvalue weighted by Gasteiger charge is 2.27. The molecule has 1 aliphatic rings. The van der Waals surface area contributed by atoms with Gasteiger partial charge in [-0.05, 0) is 12.8 Å². The van der Waals surface area contributed by atoms with Crippen molar-refractivity contribution in [1.82, 2.24) is 19.9 Å². The van der Waals surface area contributed by atoms with Gasteiger partial charge >= 0.3 is 0 Å². The number of rotatable bonds is 4. The summed E-state index contributed by atoms with van der Waals surface area (Å²) in [5.41, 5.74) is 1.45. The molecule has 1 fully saturated rings. The Kier molecular flexibility index (Phi) is 3.20. The van der Waals surface area contributed by atoms with Crippen LogP contribution in [0.5, 0.6) is 0 Å². The van der Waals surface area contributed by atoms with Crippen LogP contribution in [0.3, 0.4) is 0 Å². The molecule has 0 bridgehead atoms. The Bertz CT molecular complexity index is 568. The van der Waals surface area contributed by atoms with Gasteiger partial charge in [0.2, 0.25) is 5.95 Å². The van der Waals surface area contributed by atoms with Crippen LogP contribution in [-0.4, -0.2) is 44.7 Å².